The first kappa shape index (κ1) is 11.6. The first-order valence-corrected chi connectivity index (χ1v) is 6.95. The maximum Gasteiger partial charge on any atom is 0.217 e. The van der Waals surface area contributed by atoms with Gasteiger partial charge in [0.2, 0.25) is 5.91 Å². The monoisotopic (exact) mass is 235 g/mol. The lowest BCUT2D eigenvalue weighted by Crippen LogP contribution is -2.67. The maximum absolute atomic E-state index is 11.5. The molecule has 0 spiro atoms. The zero-order chi connectivity index (χ0) is 12.5. The number of amides is 1. The van der Waals surface area contributed by atoms with E-state index in [1.807, 2.05) is 0 Å². The topological polar surface area (TPSA) is 29.1 Å². The van der Waals surface area contributed by atoms with Crippen molar-refractivity contribution in [2.75, 3.05) is 0 Å². The normalized spacial score (nSPS) is 56.0. The molecule has 4 bridgehead atoms. The van der Waals surface area contributed by atoms with Crippen LogP contribution >= 0.6 is 0 Å². The summed E-state index contributed by atoms with van der Waals surface area (Å²) in [4.78, 5) is 11.5. The van der Waals surface area contributed by atoms with E-state index in [0.29, 0.717) is 16.2 Å². The van der Waals surface area contributed by atoms with Crippen LogP contribution in [0.25, 0.3) is 0 Å². The van der Waals surface area contributed by atoms with E-state index < -0.39 is 0 Å². The van der Waals surface area contributed by atoms with Gasteiger partial charge in [0, 0.05) is 12.5 Å². The fraction of sp³-hybridized carbons (Fsp3) is 0.933. The van der Waals surface area contributed by atoms with Gasteiger partial charge in [0.1, 0.15) is 0 Å². The fourth-order valence-corrected chi connectivity index (χ4v) is 6.80. The van der Waals surface area contributed by atoms with Gasteiger partial charge in [-0.15, -0.1) is 0 Å². The van der Waals surface area contributed by atoms with Crippen molar-refractivity contribution in [3.63, 3.8) is 0 Å². The minimum absolute atomic E-state index is 0.110. The molecule has 4 fully saturated rings. The van der Waals surface area contributed by atoms with Gasteiger partial charge in [-0.1, -0.05) is 20.8 Å². The van der Waals surface area contributed by atoms with E-state index in [0.717, 1.165) is 0 Å². The Morgan fingerprint density at radius 3 is 1.47 bits per heavy atom. The highest BCUT2D eigenvalue weighted by atomic mass is 16.1. The molecule has 0 radical (unpaired) electrons. The van der Waals surface area contributed by atoms with E-state index in [4.69, 9.17) is 0 Å². The zero-order valence-electron chi connectivity index (χ0n) is 11.7. The van der Waals surface area contributed by atoms with Crippen LogP contribution in [0.4, 0.5) is 0 Å². The minimum atomic E-state index is 0.110. The van der Waals surface area contributed by atoms with E-state index in [1.54, 1.807) is 6.92 Å². The number of carbonyl (C=O) groups is 1. The summed E-state index contributed by atoms with van der Waals surface area (Å²) < 4.78 is 0. The number of rotatable bonds is 1. The zero-order valence-corrected chi connectivity index (χ0v) is 11.7. The van der Waals surface area contributed by atoms with E-state index in [1.165, 1.54) is 38.5 Å². The molecule has 2 nitrogen and oxygen atoms in total. The van der Waals surface area contributed by atoms with E-state index in [-0.39, 0.29) is 11.4 Å². The van der Waals surface area contributed by atoms with Crippen LogP contribution in [0.1, 0.15) is 66.2 Å². The minimum Gasteiger partial charge on any atom is -0.351 e. The van der Waals surface area contributed by atoms with Crippen molar-refractivity contribution in [2.45, 2.75) is 71.8 Å². The van der Waals surface area contributed by atoms with Crippen LogP contribution in [0.5, 0.6) is 0 Å². The molecule has 0 saturated heterocycles. The number of nitrogens with one attached hydrogen (secondary N) is 1. The van der Waals surface area contributed by atoms with Gasteiger partial charge >= 0.3 is 0 Å². The van der Waals surface area contributed by atoms with Crippen molar-refractivity contribution in [1.82, 2.24) is 5.32 Å². The van der Waals surface area contributed by atoms with Gasteiger partial charge in [-0.05, 0) is 54.8 Å². The molecule has 0 heterocycles. The van der Waals surface area contributed by atoms with Crippen molar-refractivity contribution < 1.29 is 4.79 Å². The SMILES string of the molecule is CC(=O)NC12CC3(C)CC(C)(CC(C)(C3)C1)C2. The van der Waals surface area contributed by atoms with Gasteiger partial charge < -0.3 is 5.32 Å². The number of hydrogen-bond acceptors (Lipinski definition) is 1. The summed E-state index contributed by atoms with van der Waals surface area (Å²) in [6.07, 6.45) is 7.67. The average molecular weight is 235 g/mol. The molecule has 1 amide bonds. The second-order valence-electron chi connectivity index (χ2n) is 8.45. The second-order valence-corrected chi connectivity index (χ2v) is 8.45. The molecule has 96 valence electrons. The molecule has 17 heavy (non-hydrogen) atoms. The first-order chi connectivity index (χ1) is 7.66. The largest absolute Gasteiger partial charge is 0.351 e. The third-order valence-corrected chi connectivity index (χ3v) is 5.30. The Labute approximate surface area is 105 Å². The van der Waals surface area contributed by atoms with Gasteiger partial charge in [-0.25, -0.2) is 0 Å². The molecule has 4 rings (SSSR count). The van der Waals surface area contributed by atoms with Crippen LogP contribution in [0.15, 0.2) is 0 Å². The smallest absolute Gasteiger partial charge is 0.217 e. The van der Waals surface area contributed by atoms with E-state index >= 15 is 0 Å². The van der Waals surface area contributed by atoms with Gasteiger partial charge in [0.05, 0.1) is 0 Å². The summed E-state index contributed by atoms with van der Waals surface area (Å²) in [7, 11) is 0. The predicted octanol–water partition coefficient (Wildman–Crippen LogP) is 3.26. The third-order valence-electron chi connectivity index (χ3n) is 5.30. The molecule has 0 aromatic heterocycles. The molecule has 4 saturated carbocycles. The van der Waals surface area contributed by atoms with E-state index in [2.05, 4.69) is 26.1 Å². The van der Waals surface area contributed by atoms with E-state index in [9.17, 15) is 4.79 Å². The average Bonchev–Trinajstić information content (AvgIpc) is 1.87. The Balaban J connectivity index is 2.01. The number of hydrogen-bond donors (Lipinski definition) is 1. The highest BCUT2D eigenvalue weighted by molar-refractivity contribution is 5.74. The van der Waals surface area contributed by atoms with Crippen molar-refractivity contribution in [2.24, 2.45) is 16.2 Å². The summed E-state index contributed by atoms with van der Waals surface area (Å²) in [5, 5.41) is 3.32. The summed E-state index contributed by atoms with van der Waals surface area (Å²) in [5.74, 6) is 0.155. The predicted molar refractivity (Wildman–Crippen MR) is 68.6 cm³/mol. The number of carbonyl (C=O) groups excluding carboxylic acids is 1. The summed E-state index contributed by atoms with van der Waals surface area (Å²) in [5.41, 5.74) is 1.49. The third kappa shape index (κ3) is 1.71. The van der Waals surface area contributed by atoms with Gasteiger partial charge in [0.15, 0.2) is 0 Å². The lowest BCUT2D eigenvalue weighted by atomic mass is 9.38. The molecule has 4 aliphatic carbocycles. The molecule has 2 heteroatoms. The maximum atomic E-state index is 11.5. The molecule has 0 unspecified atom stereocenters. The van der Waals surface area contributed by atoms with Crippen LogP contribution < -0.4 is 5.32 Å². The van der Waals surface area contributed by atoms with Gasteiger partial charge in [-0.2, -0.15) is 0 Å². The first-order valence-electron chi connectivity index (χ1n) is 6.95. The Kier molecular flexibility index (Phi) is 1.97. The van der Waals surface area contributed by atoms with Crippen molar-refractivity contribution in [1.29, 1.82) is 0 Å². The van der Waals surface area contributed by atoms with Crippen LogP contribution in [-0.2, 0) is 4.79 Å². The molecule has 0 aromatic carbocycles. The molecule has 4 aliphatic rings. The molecular weight excluding hydrogens is 210 g/mol. The standard InChI is InChI=1S/C15H25NO/c1-11(17)16-15-8-12(2)5-13(3,9-15)7-14(4,6-12)10-15/h5-10H2,1-4H3,(H,16,17). The molecule has 0 aliphatic heterocycles. The van der Waals surface area contributed by atoms with Crippen LogP contribution in [-0.4, -0.2) is 11.4 Å². The quantitative estimate of drug-likeness (QED) is 0.742. The molecule has 0 aromatic rings. The lowest BCUT2D eigenvalue weighted by Gasteiger charge is -2.69. The van der Waals surface area contributed by atoms with Crippen molar-refractivity contribution in [3.8, 4) is 0 Å². The summed E-state index contributed by atoms with van der Waals surface area (Å²) in [6, 6.07) is 0. The fourth-order valence-electron chi connectivity index (χ4n) is 6.80. The Hall–Kier alpha value is -0.530. The highest BCUT2D eigenvalue weighted by Crippen LogP contribution is 2.70. The molecule has 0 atom stereocenters. The van der Waals surface area contributed by atoms with Crippen LogP contribution in [0.2, 0.25) is 0 Å². The van der Waals surface area contributed by atoms with Crippen LogP contribution in [0, 0.1) is 16.2 Å². The van der Waals surface area contributed by atoms with Crippen LogP contribution in [0.3, 0.4) is 0 Å². The van der Waals surface area contributed by atoms with Gasteiger partial charge in [0.25, 0.3) is 0 Å². The molecule has 1 N–H and O–H groups in total. The van der Waals surface area contributed by atoms with Gasteiger partial charge in [-0.3, -0.25) is 4.79 Å². The van der Waals surface area contributed by atoms with Crippen molar-refractivity contribution >= 4 is 5.91 Å². The summed E-state index contributed by atoms with van der Waals surface area (Å²) >= 11 is 0. The Morgan fingerprint density at radius 1 is 0.824 bits per heavy atom. The Bertz CT molecular complexity index is 333. The second kappa shape index (κ2) is 2.89. The summed E-state index contributed by atoms with van der Waals surface area (Å²) in [6.45, 7) is 9.00. The molecular formula is C15H25NO. The Morgan fingerprint density at radius 2 is 1.18 bits per heavy atom. The van der Waals surface area contributed by atoms with Crippen molar-refractivity contribution in [3.05, 3.63) is 0 Å². The highest BCUT2D eigenvalue weighted by Gasteiger charge is 2.64. The lowest BCUT2D eigenvalue weighted by molar-refractivity contribution is -0.163.